The number of rotatable bonds is 4. The second kappa shape index (κ2) is 6.27. The van der Waals surface area contributed by atoms with E-state index < -0.39 is 6.10 Å². The molecule has 0 saturated carbocycles. The Bertz CT molecular complexity index is 476. The van der Waals surface area contributed by atoms with Gasteiger partial charge in [-0.1, -0.05) is 0 Å². The van der Waals surface area contributed by atoms with E-state index in [9.17, 15) is 5.11 Å². The van der Waals surface area contributed by atoms with Gasteiger partial charge < -0.3 is 29.1 Å². The van der Waals surface area contributed by atoms with Crippen molar-refractivity contribution in [1.29, 1.82) is 0 Å². The average molecular weight is 310 g/mol. The molecular formula is C15H22N2O5. The van der Waals surface area contributed by atoms with Gasteiger partial charge >= 0.3 is 0 Å². The van der Waals surface area contributed by atoms with Crippen LogP contribution in [0.1, 0.15) is 5.76 Å². The van der Waals surface area contributed by atoms with Crippen molar-refractivity contribution >= 4 is 0 Å². The lowest BCUT2D eigenvalue weighted by Gasteiger charge is -2.45. The lowest BCUT2D eigenvalue weighted by atomic mass is 9.94. The van der Waals surface area contributed by atoms with Crippen LogP contribution < -0.4 is 5.32 Å². The molecule has 3 saturated heterocycles. The molecule has 2 N–H and O–H groups in total. The average Bonchev–Trinajstić information content (AvgIpc) is 3.19. The molecule has 3 aliphatic rings. The third-order valence-corrected chi connectivity index (χ3v) is 4.69. The number of morpholine rings is 1. The highest BCUT2D eigenvalue weighted by molar-refractivity contribution is 5.04. The molecule has 122 valence electrons. The number of hydrogen-bond donors (Lipinski definition) is 2. The number of nitrogens with one attached hydrogen (secondary N) is 1. The minimum Gasteiger partial charge on any atom is -0.468 e. The van der Waals surface area contributed by atoms with Crippen LogP contribution in [-0.2, 0) is 20.8 Å². The van der Waals surface area contributed by atoms with E-state index in [1.807, 2.05) is 12.1 Å². The molecule has 5 atom stereocenters. The van der Waals surface area contributed by atoms with Crippen LogP contribution in [0.4, 0.5) is 0 Å². The SMILES string of the molecule is O[C@H]1[C@H](NCc2ccco2)[C@H]2CO[C@H](O2)[C@@H]1N1CCOCC1. The van der Waals surface area contributed by atoms with Gasteiger partial charge in [-0.25, -0.2) is 0 Å². The minimum atomic E-state index is -0.542. The van der Waals surface area contributed by atoms with E-state index in [4.69, 9.17) is 18.6 Å². The predicted octanol–water partition coefficient (Wildman–Crippen LogP) is -0.445. The lowest BCUT2D eigenvalue weighted by molar-refractivity contribution is -0.191. The molecule has 3 fully saturated rings. The molecule has 0 unspecified atom stereocenters. The molecule has 7 heteroatoms. The first-order chi connectivity index (χ1) is 10.8. The first kappa shape index (κ1) is 14.6. The zero-order valence-electron chi connectivity index (χ0n) is 12.4. The molecule has 0 spiro atoms. The van der Waals surface area contributed by atoms with Crippen LogP contribution in [0.15, 0.2) is 22.8 Å². The van der Waals surface area contributed by atoms with E-state index >= 15 is 0 Å². The summed E-state index contributed by atoms with van der Waals surface area (Å²) in [4.78, 5) is 2.21. The number of nitrogens with zero attached hydrogens (tertiary/aromatic N) is 1. The lowest BCUT2D eigenvalue weighted by Crippen LogP contribution is -2.65. The summed E-state index contributed by atoms with van der Waals surface area (Å²) in [6, 6.07) is 3.44. The van der Waals surface area contributed by atoms with E-state index in [1.54, 1.807) is 6.26 Å². The zero-order chi connectivity index (χ0) is 14.9. The van der Waals surface area contributed by atoms with Crippen LogP contribution in [0.2, 0.25) is 0 Å². The fourth-order valence-corrected chi connectivity index (χ4v) is 3.55. The van der Waals surface area contributed by atoms with Crippen molar-refractivity contribution in [2.75, 3.05) is 32.9 Å². The Morgan fingerprint density at radius 2 is 2.18 bits per heavy atom. The van der Waals surface area contributed by atoms with Crippen molar-refractivity contribution in [3.8, 4) is 0 Å². The normalized spacial score (nSPS) is 39.2. The number of ether oxygens (including phenoxy) is 3. The van der Waals surface area contributed by atoms with E-state index in [2.05, 4.69) is 10.2 Å². The molecule has 7 nitrogen and oxygen atoms in total. The van der Waals surface area contributed by atoms with E-state index in [1.165, 1.54) is 0 Å². The van der Waals surface area contributed by atoms with Crippen LogP contribution in [-0.4, -0.2) is 73.5 Å². The molecule has 4 heterocycles. The highest BCUT2D eigenvalue weighted by atomic mass is 16.7. The second-order valence-electron chi connectivity index (χ2n) is 5.99. The maximum absolute atomic E-state index is 10.9. The largest absolute Gasteiger partial charge is 0.468 e. The van der Waals surface area contributed by atoms with Gasteiger partial charge in [0.25, 0.3) is 0 Å². The van der Waals surface area contributed by atoms with Crippen LogP contribution in [0, 0.1) is 0 Å². The third-order valence-electron chi connectivity index (χ3n) is 4.69. The first-order valence-corrected chi connectivity index (χ1v) is 7.85. The summed E-state index contributed by atoms with van der Waals surface area (Å²) in [5, 5.41) is 14.2. The summed E-state index contributed by atoms with van der Waals surface area (Å²) >= 11 is 0. The molecular weight excluding hydrogens is 288 g/mol. The molecule has 0 aromatic carbocycles. The van der Waals surface area contributed by atoms with Gasteiger partial charge in [0.2, 0.25) is 0 Å². The van der Waals surface area contributed by atoms with Gasteiger partial charge in [0.15, 0.2) is 6.29 Å². The standard InChI is InChI=1S/C15H22N2O5/c18-14-12(16-8-10-2-1-5-20-10)11-9-21-15(22-11)13(14)17-3-6-19-7-4-17/h1-2,5,11-16,18H,3-4,6-9H2/t11-,12-,13-,14+,15-/m1/s1. The van der Waals surface area contributed by atoms with Crippen molar-refractivity contribution in [2.24, 2.45) is 0 Å². The van der Waals surface area contributed by atoms with Gasteiger partial charge in [0.1, 0.15) is 11.9 Å². The van der Waals surface area contributed by atoms with E-state index in [-0.39, 0.29) is 24.5 Å². The number of aliphatic hydroxyl groups is 1. The number of hydrogen-bond acceptors (Lipinski definition) is 7. The van der Waals surface area contributed by atoms with Crippen molar-refractivity contribution in [3.63, 3.8) is 0 Å². The summed E-state index contributed by atoms with van der Waals surface area (Å²) < 4.78 is 22.4. The molecule has 4 rings (SSSR count). The highest BCUT2D eigenvalue weighted by Crippen LogP contribution is 2.31. The van der Waals surface area contributed by atoms with Gasteiger partial charge in [-0.15, -0.1) is 0 Å². The Morgan fingerprint density at radius 1 is 1.32 bits per heavy atom. The molecule has 0 radical (unpaired) electrons. The van der Waals surface area contributed by atoms with Crippen molar-refractivity contribution in [1.82, 2.24) is 10.2 Å². The number of aliphatic hydroxyl groups excluding tert-OH is 1. The third kappa shape index (κ3) is 2.68. The van der Waals surface area contributed by atoms with Crippen LogP contribution in [0.25, 0.3) is 0 Å². The van der Waals surface area contributed by atoms with Gasteiger partial charge in [-0.3, -0.25) is 4.90 Å². The quantitative estimate of drug-likeness (QED) is 0.780. The van der Waals surface area contributed by atoms with Gasteiger partial charge in [0, 0.05) is 13.1 Å². The fourth-order valence-electron chi connectivity index (χ4n) is 3.55. The van der Waals surface area contributed by atoms with Crippen LogP contribution >= 0.6 is 0 Å². The van der Waals surface area contributed by atoms with E-state index in [0.717, 1.165) is 18.8 Å². The highest BCUT2D eigenvalue weighted by Gasteiger charge is 2.52. The van der Waals surface area contributed by atoms with Gasteiger partial charge in [-0.2, -0.15) is 0 Å². The minimum absolute atomic E-state index is 0.118. The van der Waals surface area contributed by atoms with Gasteiger partial charge in [0.05, 0.1) is 50.8 Å². The van der Waals surface area contributed by atoms with Crippen LogP contribution in [0.5, 0.6) is 0 Å². The summed E-state index contributed by atoms with van der Waals surface area (Å²) in [5.74, 6) is 0.844. The Hall–Kier alpha value is -0.960. The Kier molecular flexibility index (Phi) is 4.17. The summed E-state index contributed by atoms with van der Waals surface area (Å²) in [5.41, 5.74) is 0. The zero-order valence-corrected chi connectivity index (χ0v) is 12.4. The molecule has 0 amide bonds. The van der Waals surface area contributed by atoms with E-state index in [0.29, 0.717) is 26.4 Å². The smallest absolute Gasteiger partial charge is 0.176 e. The Morgan fingerprint density at radius 3 is 2.95 bits per heavy atom. The second-order valence-corrected chi connectivity index (χ2v) is 5.99. The molecule has 22 heavy (non-hydrogen) atoms. The maximum Gasteiger partial charge on any atom is 0.176 e. The Labute approximate surface area is 129 Å². The van der Waals surface area contributed by atoms with Gasteiger partial charge in [-0.05, 0) is 12.1 Å². The number of furan rings is 1. The van der Waals surface area contributed by atoms with Crippen LogP contribution in [0.3, 0.4) is 0 Å². The Balaban J connectivity index is 1.46. The van der Waals surface area contributed by atoms with Crippen molar-refractivity contribution in [3.05, 3.63) is 24.2 Å². The summed E-state index contributed by atoms with van der Waals surface area (Å²) in [6.07, 6.45) is 0.641. The molecule has 1 aromatic heterocycles. The van der Waals surface area contributed by atoms with Crippen molar-refractivity contribution < 1.29 is 23.7 Å². The summed E-state index contributed by atoms with van der Waals surface area (Å²) in [7, 11) is 0. The first-order valence-electron chi connectivity index (χ1n) is 7.85. The summed E-state index contributed by atoms with van der Waals surface area (Å²) in [6.45, 7) is 4.03. The molecule has 3 aliphatic heterocycles. The predicted molar refractivity (Wildman–Crippen MR) is 76.1 cm³/mol. The topological polar surface area (TPSA) is 76.3 Å². The molecule has 2 bridgehead atoms. The monoisotopic (exact) mass is 310 g/mol. The maximum atomic E-state index is 10.9. The fraction of sp³-hybridized carbons (Fsp3) is 0.733. The van der Waals surface area contributed by atoms with Crippen molar-refractivity contribution in [2.45, 2.75) is 37.1 Å². The number of fused-ring (bicyclic) bond motifs is 2. The molecule has 1 aromatic rings. The molecule has 0 aliphatic carbocycles.